The summed E-state index contributed by atoms with van der Waals surface area (Å²) in [5.41, 5.74) is 0. The first-order valence-corrected chi connectivity index (χ1v) is 3.77. The van der Waals surface area contributed by atoms with Crippen molar-refractivity contribution in [3.05, 3.63) is 16.6 Å². The van der Waals surface area contributed by atoms with E-state index in [0.29, 0.717) is 6.42 Å². The topological polar surface area (TPSA) is 50.2 Å². The van der Waals surface area contributed by atoms with E-state index >= 15 is 0 Å². The molecule has 4 heteroatoms. The van der Waals surface area contributed by atoms with E-state index < -0.39 is 5.97 Å². The second-order valence-electron chi connectivity index (χ2n) is 1.71. The summed E-state index contributed by atoms with van der Waals surface area (Å²) in [4.78, 5) is 13.9. The molecule has 0 atom stereocenters. The van der Waals surface area contributed by atoms with Crippen molar-refractivity contribution in [2.24, 2.45) is 0 Å². The highest BCUT2D eigenvalue weighted by atomic mass is 32.1. The molecule has 1 aromatic heterocycles. The van der Waals surface area contributed by atoms with E-state index in [-0.39, 0.29) is 0 Å². The van der Waals surface area contributed by atoms with Crippen molar-refractivity contribution >= 4 is 17.3 Å². The number of hydrogen-bond donors (Lipinski definition) is 1. The van der Waals surface area contributed by atoms with E-state index in [1.54, 1.807) is 6.20 Å². The number of aliphatic carboxylic acids is 1. The summed E-state index contributed by atoms with van der Waals surface area (Å²) >= 11 is 1.47. The molecule has 0 bridgehead atoms. The van der Waals surface area contributed by atoms with Crippen LogP contribution in [-0.2, 0) is 11.2 Å². The number of carbonyl (C=O) groups is 1. The highest BCUT2D eigenvalue weighted by molar-refractivity contribution is 7.09. The monoisotopic (exact) mass is 167 g/mol. The second kappa shape index (κ2) is 3.74. The lowest BCUT2D eigenvalue weighted by Crippen LogP contribution is -1.87. The minimum atomic E-state index is -1.10. The largest absolute Gasteiger partial charge is 0.472 e. The summed E-state index contributed by atoms with van der Waals surface area (Å²) in [6.45, 7) is 0. The number of hydrogen-bond acceptors (Lipinski definition) is 3. The Bertz CT molecular complexity index is 294. The van der Waals surface area contributed by atoms with E-state index in [2.05, 4.69) is 10.9 Å². The predicted molar refractivity (Wildman–Crippen MR) is 41.2 cm³/mol. The molecule has 11 heavy (non-hydrogen) atoms. The van der Waals surface area contributed by atoms with Crippen molar-refractivity contribution < 1.29 is 9.90 Å². The summed E-state index contributed by atoms with van der Waals surface area (Å²) in [7, 11) is 0. The van der Waals surface area contributed by atoms with Gasteiger partial charge < -0.3 is 5.11 Å². The first-order valence-electron chi connectivity index (χ1n) is 2.89. The Kier molecular flexibility index (Phi) is 2.64. The van der Waals surface area contributed by atoms with Crippen LogP contribution in [0.4, 0.5) is 0 Å². The molecule has 56 valence electrons. The molecule has 1 rings (SSSR count). The summed E-state index contributed by atoms with van der Waals surface area (Å²) in [6, 6.07) is 0. The van der Waals surface area contributed by atoms with Gasteiger partial charge in [-0.2, -0.15) is 0 Å². The maximum absolute atomic E-state index is 9.94. The van der Waals surface area contributed by atoms with Crippen LogP contribution in [0.5, 0.6) is 0 Å². The molecular weight excluding hydrogens is 162 g/mol. The Hall–Kier alpha value is -1.34. The zero-order valence-electron chi connectivity index (χ0n) is 5.57. The average Bonchev–Trinajstić information content (AvgIpc) is 2.39. The Labute approximate surface area is 67.7 Å². The van der Waals surface area contributed by atoms with Crippen LogP contribution in [0.2, 0.25) is 0 Å². The van der Waals surface area contributed by atoms with Crippen LogP contribution in [0.1, 0.15) is 5.01 Å². The van der Waals surface area contributed by atoms with E-state index in [0.717, 1.165) is 5.01 Å². The maximum Gasteiger partial charge on any atom is 0.381 e. The molecule has 0 aromatic carbocycles. The lowest BCUT2D eigenvalue weighted by molar-refractivity contribution is -0.130. The van der Waals surface area contributed by atoms with Crippen LogP contribution in [0.3, 0.4) is 0 Å². The molecule has 1 N–H and O–H groups in total. The first kappa shape index (κ1) is 7.76. The van der Waals surface area contributed by atoms with Crippen molar-refractivity contribution in [2.75, 3.05) is 0 Å². The molecule has 0 saturated carbocycles. The van der Waals surface area contributed by atoms with E-state index in [1.807, 2.05) is 11.3 Å². The van der Waals surface area contributed by atoms with E-state index in [4.69, 9.17) is 5.11 Å². The molecule has 0 aliphatic heterocycles. The summed E-state index contributed by atoms with van der Waals surface area (Å²) < 4.78 is 0. The van der Waals surface area contributed by atoms with Crippen molar-refractivity contribution in [2.45, 2.75) is 6.42 Å². The Morgan fingerprint density at radius 2 is 2.64 bits per heavy atom. The lowest BCUT2D eigenvalue weighted by atomic mass is 10.4. The summed E-state index contributed by atoms with van der Waals surface area (Å²) in [5, 5.41) is 10.8. The highest BCUT2D eigenvalue weighted by Crippen LogP contribution is 2.02. The summed E-state index contributed by atoms with van der Waals surface area (Å²) in [6.07, 6.45) is 2.09. The summed E-state index contributed by atoms with van der Waals surface area (Å²) in [5.74, 6) is 3.41. The molecule has 0 spiro atoms. The number of nitrogens with zero attached hydrogens (tertiary/aromatic N) is 1. The molecule has 0 fully saturated rings. The van der Waals surface area contributed by atoms with Gasteiger partial charge in [0.05, 0.1) is 6.42 Å². The predicted octanol–water partition coefficient (Wildman–Crippen LogP) is 0.774. The highest BCUT2D eigenvalue weighted by Gasteiger charge is 1.90. The molecule has 0 saturated heterocycles. The van der Waals surface area contributed by atoms with Crippen LogP contribution in [0.15, 0.2) is 11.6 Å². The fraction of sp³-hybridized carbons (Fsp3) is 0.143. The molecule has 0 amide bonds. The molecule has 0 unspecified atom stereocenters. The van der Waals surface area contributed by atoms with Gasteiger partial charge in [0.25, 0.3) is 0 Å². The number of carboxylic acid groups (broad SMARTS) is 1. The van der Waals surface area contributed by atoms with Crippen LogP contribution in [0.25, 0.3) is 0 Å². The fourth-order valence-corrected chi connectivity index (χ4v) is 1.09. The third-order valence-electron chi connectivity index (χ3n) is 0.918. The molecule has 0 aliphatic carbocycles. The Balaban J connectivity index is 2.48. The van der Waals surface area contributed by atoms with Gasteiger partial charge in [-0.15, -0.1) is 11.3 Å². The zero-order chi connectivity index (χ0) is 8.10. The quantitative estimate of drug-likeness (QED) is 0.628. The molecule has 1 heterocycles. The fourth-order valence-electron chi connectivity index (χ4n) is 0.536. The van der Waals surface area contributed by atoms with Crippen LogP contribution >= 0.6 is 11.3 Å². The van der Waals surface area contributed by atoms with Crippen LogP contribution < -0.4 is 0 Å². The first-order chi connectivity index (χ1) is 5.29. The smallest absolute Gasteiger partial charge is 0.381 e. The van der Waals surface area contributed by atoms with Gasteiger partial charge in [0.2, 0.25) is 0 Å². The SMILES string of the molecule is O=C(O)C#CCc1nccs1. The van der Waals surface area contributed by atoms with Gasteiger partial charge >= 0.3 is 5.97 Å². The second-order valence-corrected chi connectivity index (χ2v) is 2.69. The standard InChI is InChI=1S/C7H5NO2S/c9-7(10)3-1-2-6-8-4-5-11-6/h4-5H,2H2,(H,9,10). The third-order valence-corrected chi connectivity index (χ3v) is 1.70. The average molecular weight is 167 g/mol. The van der Waals surface area contributed by atoms with Gasteiger partial charge in [0.15, 0.2) is 0 Å². The van der Waals surface area contributed by atoms with Crippen molar-refractivity contribution in [1.82, 2.24) is 4.98 Å². The van der Waals surface area contributed by atoms with Crippen LogP contribution in [0, 0.1) is 11.8 Å². The number of aromatic nitrogens is 1. The number of rotatable bonds is 1. The van der Waals surface area contributed by atoms with Gasteiger partial charge in [-0.05, 0) is 0 Å². The molecule has 0 radical (unpaired) electrons. The van der Waals surface area contributed by atoms with Gasteiger partial charge in [-0.3, -0.25) is 0 Å². The van der Waals surface area contributed by atoms with E-state index in [1.165, 1.54) is 11.3 Å². The van der Waals surface area contributed by atoms with E-state index in [9.17, 15) is 4.79 Å². The van der Waals surface area contributed by atoms with Crippen molar-refractivity contribution in [3.63, 3.8) is 0 Å². The lowest BCUT2D eigenvalue weighted by Gasteiger charge is -1.79. The third kappa shape index (κ3) is 2.83. The minimum absolute atomic E-state index is 0.421. The van der Waals surface area contributed by atoms with Crippen molar-refractivity contribution in [3.8, 4) is 11.8 Å². The minimum Gasteiger partial charge on any atom is -0.472 e. The van der Waals surface area contributed by atoms with Crippen LogP contribution in [-0.4, -0.2) is 16.1 Å². The Morgan fingerprint density at radius 3 is 3.18 bits per heavy atom. The maximum atomic E-state index is 9.94. The molecule has 0 aliphatic rings. The number of thiazole rings is 1. The molecule has 1 aromatic rings. The number of carboxylic acids is 1. The molecule has 3 nitrogen and oxygen atoms in total. The van der Waals surface area contributed by atoms with Gasteiger partial charge in [0.1, 0.15) is 5.01 Å². The van der Waals surface area contributed by atoms with Crippen molar-refractivity contribution in [1.29, 1.82) is 0 Å². The zero-order valence-corrected chi connectivity index (χ0v) is 6.39. The molecular formula is C7H5NO2S. The normalized spacial score (nSPS) is 8.36. The van der Waals surface area contributed by atoms with Gasteiger partial charge in [-0.1, -0.05) is 5.92 Å². The van der Waals surface area contributed by atoms with Gasteiger partial charge in [0, 0.05) is 17.5 Å². The Morgan fingerprint density at radius 1 is 1.82 bits per heavy atom. The van der Waals surface area contributed by atoms with Gasteiger partial charge in [-0.25, -0.2) is 9.78 Å².